The van der Waals surface area contributed by atoms with Gasteiger partial charge < -0.3 is 9.40 Å². The van der Waals surface area contributed by atoms with E-state index in [0.29, 0.717) is 5.92 Å². The average Bonchev–Trinajstić information content (AvgIpc) is 3.85. The fourth-order valence-corrected chi connectivity index (χ4v) is 11.6. The Morgan fingerprint density at radius 3 is 2.27 bits per heavy atom. The van der Waals surface area contributed by atoms with Crippen LogP contribution in [0.4, 0.5) is 0 Å². The molecule has 8 aromatic rings. The molecule has 5 heteroatoms. The molecule has 3 nitrogen and oxygen atoms in total. The van der Waals surface area contributed by atoms with Crippen LogP contribution >= 0.6 is 0 Å². The smallest absolute Gasteiger partial charge is 0.121 e. The molecule has 1 aliphatic carbocycles. The first-order valence-electron chi connectivity index (χ1n) is 20.0. The summed E-state index contributed by atoms with van der Waals surface area (Å²) in [5.41, 5.74) is 11.0. The van der Waals surface area contributed by atoms with E-state index in [1.54, 1.807) is 4.40 Å². The van der Waals surface area contributed by atoms with Crippen LogP contribution in [0.3, 0.4) is 0 Å². The Kier molecular flexibility index (Phi) is 12.4. The van der Waals surface area contributed by atoms with Crippen molar-refractivity contribution < 1.29 is 24.5 Å². The summed E-state index contributed by atoms with van der Waals surface area (Å²) < 4.78 is 8.03. The molecule has 0 atom stereocenters. The van der Waals surface area contributed by atoms with E-state index in [1.807, 2.05) is 30.5 Å². The number of hydrogen-bond acceptors (Lipinski definition) is 3. The number of pyridine rings is 2. The predicted octanol–water partition coefficient (Wildman–Crippen LogP) is 13.3. The minimum absolute atomic E-state index is 0. The first kappa shape index (κ1) is 39.9. The summed E-state index contributed by atoms with van der Waals surface area (Å²) in [6, 6.07) is 47.2. The Morgan fingerprint density at radius 2 is 1.50 bits per heavy atom. The van der Waals surface area contributed by atoms with Gasteiger partial charge in [-0.2, -0.15) is 0 Å². The Morgan fingerprint density at radius 1 is 0.732 bits per heavy atom. The summed E-state index contributed by atoms with van der Waals surface area (Å²) in [7, 11) is 0. The van der Waals surface area contributed by atoms with Crippen LogP contribution in [0.15, 0.2) is 132 Å². The van der Waals surface area contributed by atoms with Gasteiger partial charge in [0.15, 0.2) is 0 Å². The molecule has 1 saturated carbocycles. The van der Waals surface area contributed by atoms with E-state index in [9.17, 15) is 0 Å². The van der Waals surface area contributed by atoms with E-state index in [0.717, 1.165) is 68.8 Å². The van der Waals surface area contributed by atoms with Gasteiger partial charge >= 0.3 is 126 Å². The van der Waals surface area contributed by atoms with Gasteiger partial charge in [-0.15, -0.1) is 18.2 Å². The molecular formula is C51H50GeIrN2O-2. The van der Waals surface area contributed by atoms with Gasteiger partial charge in [0.2, 0.25) is 0 Å². The molecule has 3 aromatic heterocycles. The molecule has 3 heterocycles. The van der Waals surface area contributed by atoms with Crippen molar-refractivity contribution in [3.8, 4) is 33.6 Å². The Balaban J connectivity index is 0.000000197. The molecule has 285 valence electrons. The Bertz CT molecular complexity index is 2580. The third-order valence-corrected chi connectivity index (χ3v) is 15.3. The van der Waals surface area contributed by atoms with Crippen molar-refractivity contribution in [2.24, 2.45) is 11.8 Å². The first-order valence-corrected chi connectivity index (χ1v) is 27.3. The van der Waals surface area contributed by atoms with Crippen LogP contribution in [-0.2, 0) is 32.9 Å². The van der Waals surface area contributed by atoms with Crippen molar-refractivity contribution in [3.05, 3.63) is 151 Å². The normalized spacial score (nSPS) is 13.2. The topological polar surface area (TPSA) is 38.9 Å². The molecular weight excluding hydrogens is 921 g/mol. The molecule has 0 unspecified atom stereocenters. The monoisotopic (exact) mass is 973 g/mol. The molecule has 0 amide bonds. The van der Waals surface area contributed by atoms with Crippen LogP contribution in [-0.4, -0.2) is 23.2 Å². The molecule has 1 radical (unpaired) electrons. The number of rotatable bonds is 8. The van der Waals surface area contributed by atoms with Crippen LogP contribution in [0.5, 0.6) is 0 Å². The van der Waals surface area contributed by atoms with Gasteiger partial charge in [-0.05, 0) is 58.1 Å². The molecule has 0 aliphatic heterocycles. The average molecular weight is 972 g/mol. The zero-order valence-corrected chi connectivity index (χ0v) is 37.7. The quantitative estimate of drug-likeness (QED) is 0.112. The van der Waals surface area contributed by atoms with Gasteiger partial charge in [-0.25, -0.2) is 0 Å². The SMILES string of the molecule is CC(C)Cc1cc(-c2[c-]cccc2)nc[c]1[Ge]([CH3])([CH3])[CH3].[Ir].[c-]1ccc2c(oc3cc(-c4ccc5ccccc5c4)ccc32)c1-c1cc(CC2CCCC2)ccn1. The molecule has 5 aromatic carbocycles. The van der Waals surface area contributed by atoms with Crippen LogP contribution < -0.4 is 4.40 Å². The second-order valence-corrected chi connectivity index (χ2v) is 27.3. The fourth-order valence-electron chi connectivity index (χ4n) is 8.25. The molecule has 0 N–H and O–H groups in total. The maximum Gasteiger partial charge on any atom is 0.121 e. The van der Waals surface area contributed by atoms with Crippen molar-refractivity contribution in [3.63, 3.8) is 0 Å². The van der Waals surface area contributed by atoms with Gasteiger partial charge in [-0.1, -0.05) is 96.8 Å². The van der Waals surface area contributed by atoms with Crippen LogP contribution in [0.25, 0.3) is 66.4 Å². The van der Waals surface area contributed by atoms with Crippen LogP contribution in [0.2, 0.25) is 17.3 Å². The van der Waals surface area contributed by atoms with Gasteiger partial charge in [0, 0.05) is 31.7 Å². The summed E-state index contributed by atoms with van der Waals surface area (Å²) in [5, 5.41) is 4.74. The number of benzene rings is 5. The zero-order chi connectivity index (χ0) is 37.9. The van der Waals surface area contributed by atoms with Crippen molar-refractivity contribution in [1.29, 1.82) is 0 Å². The molecule has 56 heavy (non-hydrogen) atoms. The molecule has 1 aliphatic rings. The Hall–Kier alpha value is -4.35. The van der Waals surface area contributed by atoms with Crippen molar-refractivity contribution >= 4 is 50.4 Å². The van der Waals surface area contributed by atoms with Gasteiger partial charge in [-0.3, -0.25) is 0 Å². The Labute approximate surface area is 348 Å². The fraction of sp³-hybridized carbons (Fsp3) is 0.255. The maximum atomic E-state index is 6.49. The molecule has 0 spiro atoms. The summed E-state index contributed by atoms with van der Waals surface area (Å²) >= 11 is -1.86. The second-order valence-electron chi connectivity index (χ2n) is 16.7. The van der Waals surface area contributed by atoms with E-state index in [4.69, 9.17) is 14.4 Å². The maximum absolute atomic E-state index is 6.49. The summed E-state index contributed by atoms with van der Waals surface area (Å²) in [4.78, 5) is 9.41. The third kappa shape index (κ3) is 8.94. The molecule has 0 bridgehead atoms. The minimum Gasteiger partial charge on any atom is -0.501 e. The van der Waals surface area contributed by atoms with Crippen molar-refractivity contribution in [2.75, 3.05) is 0 Å². The van der Waals surface area contributed by atoms with Gasteiger partial charge in [0.1, 0.15) is 5.58 Å². The van der Waals surface area contributed by atoms with Crippen LogP contribution in [0.1, 0.15) is 50.7 Å². The largest absolute Gasteiger partial charge is 0.501 e. The molecule has 1 fully saturated rings. The van der Waals surface area contributed by atoms with Gasteiger partial charge in [0.25, 0.3) is 0 Å². The van der Waals surface area contributed by atoms with Gasteiger partial charge in [0.05, 0.1) is 5.58 Å². The van der Waals surface area contributed by atoms with E-state index in [1.165, 1.54) is 53.1 Å². The molecule has 9 rings (SSSR count). The van der Waals surface area contributed by atoms with E-state index < -0.39 is 13.3 Å². The predicted molar refractivity (Wildman–Crippen MR) is 234 cm³/mol. The summed E-state index contributed by atoms with van der Waals surface area (Å²) in [5.74, 6) is 8.80. The number of fused-ring (bicyclic) bond motifs is 4. The van der Waals surface area contributed by atoms with E-state index >= 15 is 0 Å². The van der Waals surface area contributed by atoms with E-state index in [-0.39, 0.29) is 20.1 Å². The number of furan rings is 1. The third-order valence-electron chi connectivity index (χ3n) is 11.0. The van der Waals surface area contributed by atoms with Crippen molar-refractivity contribution in [2.45, 2.75) is 69.6 Å². The summed E-state index contributed by atoms with van der Waals surface area (Å²) in [6.45, 7) is 4.57. The summed E-state index contributed by atoms with van der Waals surface area (Å²) in [6.07, 6.45) is 11.8. The zero-order valence-electron chi connectivity index (χ0n) is 33.2. The number of hydrogen-bond donors (Lipinski definition) is 0. The first-order chi connectivity index (χ1) is 26.7. The minimum atomic E-state index is -1.86. The van der Waals surface area contributed by atoms with E-state index in [2.05, 4.69) is 140 Å². The standard InChI is InChI=1S/C33H26NO.C18H24GeN.Ir/c1-2-7-22(6-1)18-23-16-17-34-31(19-23)30-11-5-10-29-28-15-14-27(21-32(28)35-33(29)30)26-13-12-24-8-3-4-9-25(24)20-26;1-14(2)11-16-12-18(15-9-7-6-8-10-15)20-13-17(16)19(3,4)5;/h3-5,8-10,12-17,19-22H,1-2,6-7,18H2;6-9,12-14H,11H2,1-5H3;/q2*-1;. The van der Waals surface area contributed by atoms with Crippen LogP contribution in [0, 0.1) is 24.0 Å². The number of aromatic nitrogens is 2. The van der Waals surface area contributed by atoms with Crippen molar-refractivity contribution in [1.82, 2.24) is 9.97 Å². The molecule has 0 saturated heterocycles. The number of nitrogens with zero attached hydrogens (tertiary/aromatic N) is 2. The second kappa shape index (κ2) is 17.4.